The molecular weight excluding hydrogens is 257 g/mol. The average Bonchev–Trinajstić information content (AvgIpc) is 2.79. The van der Waals surface area contributed by atoms with Crippen LogP contribution < -0.4 is 0 Å². The number of rotatable bonds is 3. The van der Waals surface area contributed by atoms with Gasteiger partial charge in [-0.15, -0.1) is 0 Å². The van der Waals surface area contributed by atoms with E-state index in [1.165, 1.54) is 11.0 Å². The van der Waals surface area contributed by atoms with Crippen LogP contribution in [0.1, 0.15) is 18.5 Å². The fourth-order valence-electron chi connectivity index (χ4n) is 2.09. The second-order valence-corrected chi connectivity index (χ2v) is 5.03. The van der Waals surface area contributed by atoms with Crippen LogP contribution in [0.5, 0.6) is 0 Å². The van der Waals surface area contributed by atoms with E-state index in [9.17, 15) is 9.18 Å². The molecule has 2 aromatic rings. The van der Waals surface area contributed by atoms with E-state index >= 15 is 0 Å². The van der Waals surface area contributed by atoms with E-state index in [2.05, 4.69) is 5.10 Å². The number of likely N-dealkylation sites (N-methyl/N-ethyl adjacent to an activating group) is 1. The molecule has 0 bridgehead atoms. The van der Waals surface area contributed by atoms with Crippen molar-refractivity contribution >= 4 is 5.91 Å². The molecule has 0 saturated carbocycles. The summed E-state index contributed by atoms with van der Waals surface area (Å²) in [6.07, 6.45) is 1.77. The highest BCUT2D eigenvalue weighted by Gasteiger charge is 2.20. The Balaban J connectivity index is 2.40. The Kier molecular flexibility index (Phi) is 3.88. The van der Waals surface area contributed by atoms with Gasteiger partial charge in [0.15, 0.2) is 0 Å². The first-order valence-electron chi connectivity index (χ1n) is 6.43. The summed E-state index contributed by atoms with van der Waals surface area (Å²) in [4.78, 5) is 13.5. The van der Waals surface area contributed by atoms with Gasteiger partial charge in [0.25, 0.3) is 0 Å². The first kappa shape index (κ1) is 14.2. The molecule has 5 heteroatoms. The Labute approximate surface area is 117 Å². The third kappa shape index (κ3) is 2.57. The Morgan fingerprint density at radius 3 is 2.60 bits per heavy atom. The summed E-state index contributed by atoms with van der Waals surface area (Å²) in [5.74, 6) is -0.361. The number of amides is 1. The molecule has 1 amide bonds. The second-order valence-electron chi connectivity index (χ2n) is 5.03. The molecule has 106 valence electrons. The van der Waals surface area contributed by atoms with Gasteiger partial charge in [-0.05, 0) is 31.5 Å². The quantitative estimate of drug-likeness (QED) is 0.863. The minimum Gasteiger partial charge on any atom is -0.347 e. The maximum absolute atomic E-state index is 13.8. The van der Waals surface area contributed by atoms with Crippen molar-refractivity contribution in [2.45, 2.75) is 19.9 Å². The number of aryl methyl sites for hydroxylation is 1. The van der Waals surface area contributed by atoms with Crippen LogP contribution in [0.15, 0.2) is 30.5 Å². The third-order valence-electron chi connectivity index (χ3n) is 3.24. The van der Waals surface area contributed by atoms with Gasteiger partial charge in [-0.25, -0.2) is 4.39 Å². The molecule has 0 aliphatic carbocycles. The number of benzene rings is 1. The summed E-state index contributed by atoms with van der Waals surface area (Å²) in [6, 6.07) is 6.09. The summed E-state index contributed by atoms with van der Waals surface area (Å²) in [5, 5.41) is 4.37. The van der Waals surface area contributed by atoms with E-state index in [4.69, 9.17) is 0 Å². The predicted octanol–water partition coefficient (Wildman–Crippen LogP) is 2.65. The molecule has 1 atom stereocenters. The van der Waals surface area contributed by atoms with Gasteiger partial charge in [0.2, 0.25) is 5.91 Å². The number of nitrogens with zero attached hydrogens (tertiary/aromatic N) is 3. The van der Waals surface area contributed by atoms with E-state index in [-0.39, 0.29) is 11.7 Å². The monoisotopic (exact) mass is 275 g/mol. The molecule has 4 nitrogen and oxygen atoms in total. The van der Waals surface area contributed by atoms with Gasteiger partial charge in [-0.3, -0.25) is 9.48 Å². The van der Waals surface area contributed by atoms with Crippen LogP contribution >= 0.6 is 0 Å². The molecule has 0 aliphatic rings. The van der Waals surface area contributed by atoms with Gasteiger partial charge in [-0.2, -0.15) is 5.10 Å². The number of carbonyl (C=O) groups excluding carboxylic acids is 1. The Morgan fingerprint density at radius 1 is 1.35 bits per heavy atom. The van der Waals surface area contributed by atoms with Crippen molar-refractivity contribution in [3.05, 3.63) is 41.8 Å². The second kappa shape index (κ2) is 5.45. The highest BCUT2D eigenvalue weighted by Crippen LogP contribution is 2.25. The molecule has 0 radical (unpaired) electrons. The predicted molar refractivity (Wildman–Crippen MR) is 75.8 cm³/mol. The summed E-state index contributed by atoms with van der Waals surface area (Å²) >= 11 is 0. The third-order valence-corrected chi connectivity index (χ3v) is 3.24. The lowest BCUT2D eigenvalue weighted by Crippen LogP contribution is -2.30. The molecule has 0 spiro atoms. The smallest absolute Gasteiger partial charge is 0.246 e. The average molecular weight is 275 g/mol. The molecule has 1 aromatic heterocycles. The lowest BCUT2D eigenvalue weighted by atomic mass is 10.1. The molecule has 0 saturated heterocycles. The molecule has 1 heterocycles. The zero-order valence-electron chi connectivity index (χ0n) is 12.1. The standard InChI is InChI=1S/C15H18FN3O/c1-10-9-19(11(2)15(20)18(3)4)17-14(10)12-7-5-6-8-13(12)16/h5-9,11H,1-4H3. The van der Waals surface area contributed by atoms with Crippen LogP contribution in [-0.2, 0) is 4.79 Å². The minimum atomic E-state index is -0.413. The number of carbonyl (C=O) groups is 1. The van der Waals surface area contributed by atoms with Gasteiger partial charge < -0.3 is 4.90 Å². The van der Waals surface area contributed by atoms with Crippen LogP contribution in [-0.4, -0.2) is 34.7 Å². The molecular formula is C15H18FN3O. The molecule has 1 unspecified atom stereocenters. The Morgan fingerprint density at radius 2 is 2.00 bits per heavy atom. The van der Waals surface area contributed by atoms with Crippen LogP contribution in [0.2, 0.25) is 0 Å². The van der Waals surface area contributed by atoms with Crippen LogP contribution in [0.3, 0.4) is 0 Å². The van der Waals surface area contributed by atoms with E-state index in [0.29, 0.717) is 11.3 Å². The van der Waals surface area contributed by atoms with E-state index in [0.717, 1.165) is 5.56 Å². The van der Waals surface area contributed by atoms with Crippen molar-refractivity contribution in [1.29, 1.82) is 0 Å². The van der Waals surface area contributed by atoms with Crippen molar-refractivity contribution in [2.24, 2.45) is 0 Å². The maximum atomic E-state index is 13.8. The summed E-state index contributed by atoms with van der Waals surface area (Å²) in [6.45, 7) is 3.64. The van der Waals surface area contributed by atoms with Crippen LogP contribution in [0.4, 0.5) is 4.39 Å². The fraction of sp³-hybridized carbons (Fsp3) is 0.333. The summed E-state index contributed by atoms with van der Waals surface area (Å²) < 4.78 is 15.4. The summed E-state index contributed by atoms with van der Waals surface area (Å²) in [5.41, 5.74) is 1.86. The SMILES string of the molecule is Cc1cn(C(C)C(=O)N(C)C)nc1-c1ccccc1F. The van der Waals surface area contributed by atoms with E-state index in [1.54, 1.807) is 50.1 Å². The fourth-order valence-corrected chi connectivity index (χ4v) is 2.09. The van der Waals surface area contributed by atoms with Crippen molar-refractivity contribution in [1.82, 2.24) is 14.7 Å². The minimum absolute atomic E-state index is 0.0485. The van der Waals surface area contributed by atoms with Gasteiger partial charge in [-0.1, -0.05) is 12.1 Å². The largest absolute Gasteiger partial charge is 0.347 e. The molecule has 0 fully saturated rings. The van der Waals surface area contributed by atoms with Gasteiger partial charge in [0, 0.05) is 25.9 Å². The van der Waals surface area contributed by atoms with E-state index in [1.807, 2.05) is 6.92 Å². The number of aromatic nitrogens is 2. The van der Waals surface area contributed by atoms with Crippen LogP contribution in [0.25, 0.3) is 11.3 Å². The number of hydrogen-bond donors (Lipinski definition) is 0. The Hall–Kier alpha value is -2.17. The summed E-state index contributed by atoms with van der Waals surface area (Å²) in [7, 11) is 3.40. The lowest BCUT2D eigenvalue weighted by Gasteiger charge is -2.16. The zero-order valence-corrected chi connectivity index (χ0v) is 12.1. The van der Waals surface area contributed by atoms with Crippen molar-refractivity contribution < 1.29 is 9.18 Å². The van der Waals surface area contributed by atoms with Crippen molar-refractivity contribution in [2.75, 3.05) is 14.1 Å². The highest BCUT2D eigenvalue weighted by molar-refractivity contribution is 5.79. The molecule has 0 aliphatic heterocycles. The zero-order chi connectivity index (χ0) is 14.9. The van der Waals surface area contributed by atoms with Crippen molar-refractivity contribution in [3.8, 4) is 11.3 Å². The normalized spacial score (nSPS) is 12.2. The Bertz CT molecular complexity index is 634. The highest BCUT2D eigenvalue weighted by atomic mass is 19.1. The number of hydrogen-bond acceptors (Lipinski definition) is 2. The first-order valence-corrected chi connectivity index (χ1v) is 6.43. The van der Waals surface area contributed by atoms with E-state index < -0.39 is 6.04 Å². The van der Waals surface area contributed by atoms with Crippen LogP contribution in [0, 0.1) is 12.7 Å². The number of halogens is 1. The first-order chi connectivity index (χ1) is 9.41. The topological polar surface area (TPSA) is 38.1 Å². The van der Waals surface area contributed by atoms with Gasteiger partial charge >= 0.3 is 0 Å². The molecule has 20 heavy (non-hydrogen) atoms. The molecule has 0 N–H and O–H groups in total. The van der Waals surface area contributed by atoms with Gasteiger partial charge in [0.1, 0.15) is 11.9 Å². The maximum Gasteiger partial charge on any atom is 0.246 e. The molecule has 1 aromatic carbocycles. The van der Waals surface area contributed by atoms with Gasteiger partial charge in [0.05, 0.1) is 5.69 Å². The van der Waals surface area contributed by atoms with Crippen molar-refractivity contribution in [3.63, 3.8) is 0 Å². The lowest BCUT2D eigenvalue weighted by molar-refractivity contribution is -0.131. The molecule has 2 rings (SSSR count).